The fourth-order valence-electron chi connectivity index (χ4n) is 2.85. The highest BCUT2D eigenvalue weighted by Crippen LogP contribution is 2.26. The lowest BCUT2D eigenvalue weighted by molar-refractivity contribution is -0.117. The van der Waals surface area contributed by atoms with Crippen molar-refractivity contribution >= 4 is 29.5 Å². The third-order valence-corrected chi connectivity index (χ3v) is 4.21. The molecular formula is C21H14N2O5. The Labute approximate surface area is 159 Å². The van der Waals surface area contributed by atoms with Crippen LogP contribution in [-0.2, 0) is 9.59 Å². The van der Waals surface area contributed by atoms with Crippen LogP contribution in [0.4, 0.5) is 5.69 Å². The lowest BCUT2D eigenvalue weighted by atomic mass is 10.1. The number of carbonyl (C=O) groups excluding carboxylic acids is 2. The van der Waals surface area contributed by atoms with Crippen LogP contribution in [0, 0.1) is 0 Å². The van der Waals surface area contributed by atoms with Crippen molar-refractivity contribution in [2.24, 2.45) is 0 Å². The first-order valence-corrected chi connectivity index (χ1v) is 8.39. The smallest absolute Gasteiger partial charge is 0.335 e. The molecule has 2 aromatic carbocycles. The summed E-state index contributed by atoms with van der Waals surface area (Å²) in [4.78, 5) is 35.9. The van der Waals surface area contributed by atoms with E-state index in [4.69, 9.17) is 9.52 Å². The second-order valence-electron chi connectivity index (χ2n) is 6.06. The highest BCUT2D eigenvalue weighted by molar-refractivity contribution is 6.31. The van der Waals surface area contributed by atoms with Gasteiger partial charge >= 0.3 is 5.97 Å². The van der Waals surface area contributed by atoms with Crippen LogP contribution in [0.2, 0.25) is 0 Å². The van der Waals surface area contributed by atoms with Gasteiger partial charge in [-0.25, -0.2) is 9.80 Å². The summed E-state index contributed by atoms with van der Waals surface area (Å²) in [6, 6.07) is 18.3. The highest BCUT2D eigenvalue weighted by atomic mass is 16.4. The number of furan rings is 1. The molecule has 7 heteroatoms. The Morgan fingerprint density at radius 3 is 2.54 bits per heavy atom. The molecule has 1 fully saturated rings. The molecule has 0 bridgehead atoms. The van der Waals surface area contributed by atoms with Crippen molar-refractivity contribution in [2.45, 2.75) is 0 Å². The fourth-order valence-corrected chi connectivity index (χ4v) is 2.85. The Morgan fingerprint density at radius 2 is 1.79 bits per heavy atom. The number of carbonyl (C=O) groups is 3. The quantitative estimate of drug-likeness (QED) is 0.540. The molecule has 0 saturated carbocycles. The van der Waals surface area contributed by atoms with Crippen LogP contribution in [0.25, 0.3) is 17.4 Å². The third kappa shape index (κ3) is 3.16. The number of aromatic carboxylic acids is 1. The maximum atomic E-state index is 12.6. The predicted molar refractivity (Wildman–Crippen MR) is 101 cm³/mol. The number of anilines is 1. The molecule has 28 heavy (non-hydrogen) atoms. The standard InChI is InChI=1S/C21H14N2O5/c24-19-17(20(25)23(22-19)15-7-2-1-3-8-15)12-16-9-10-18(28-16)13-5-4-6-14(11-13)21(26)27/h1-12H,(H,22,24)(H,26,27). The zero-order chi connectivity index (χ0) is 19.7. The van der Waals surface area contributed by atoms with Gasteiger partial charge < -0.3 is 9.52 Å². The summed E-state index contributed by atoms with van der Waals surface area (Å²) in [5.41, 5.74) is 3.74. The molecule has 1 aromatic heterocycles. The first kappa shape index (κ1) is 17.3. The zero-order valence-electron chi connectivity index (χ0n) is 14.5. The minimum Gasteiger partial charge on any atom is -0.478 e. The number of rotatable bonds is 4. The van der Waals surface area contributed by atoms with E-state index in [1.807, 2.05) is 6.07 Å². The van der Waals surface area contributed by atoms with Crippen molar-refractivity contribution in [3.05, 3.63) is 83.6 Å². The minimum atomic E-state index is -1.04. The first-order chi connectivity index (χ1) is 13.5. The summed E-state index contributed by atoms with van der Waals surface area (Å²) >= 11 is 0. The molecule has 4 rings (SSSR count). The number of hydrazine groups is 1. The number of benzene rings is 2. The van der Waals surface area contributed by atoms with Crippen molar-refractivity contribution < 1.29 is 23.9 Å². The molecule has 0 radical (unpaired) electrons. The van der Waals surface area contributed by atoms with Gasteiger partial charge in [0.05, 0.1) is 11.3 Å². The van der Waals surface area contributed by atoms with Gasteiger partial charge in [0.2, 0.25) is 0 Å². The number of nitrogens with zero attached hydrogens (tertiary/aromatic N) is 1. The van der Waals surface area contributed by atoms with Crippen LogP contribution in [0.1, 0.15) is 16.1 Å². The lowest BCUT2D eigenvalue weighted by Gasteiger charge is -2.13. The van der Waals surface area contributed by atoms with E-state index in [9.17, 15) is 14.4 Å². The maximum absolute atomic E-state index is 12.6. The van der Waals surface area contributed by atoms with Gasteiger partial charge in [-0.1, -0.05) is 30.3 Å². The fraction of sp³-hybridized carbons (Fsp3) is 0. The van der Waals surface area contributed by atoms with Gasteiger partial charge in [0.15, 0.2) is 0 Å². The zero-order valence-corrected chi connectivity index (χ0v) is 14.5. The van der Waals surface area contributed by atoms with E-state index >= 15 is 0 Å². The molecular weight excluding hydrogens is 360 g/mol. The number of amides is 2. The molecule has 1 saturated heterocycles. The summed E-state index contributed by atoms with van der Waals surface area (Å²) in [5.74, 6) is -1.31. The lowest BCUT2D eigenvalue weighted by Crippen LogP contribution is -2.35. The molecule has 1 aliphatic rings. The van der Waals surface area contributed by atoms with E-state index in [-0.39, 0.29) is 11.1 Å². The van der Waals surface area contributed by atoms with Gasteiger partial charge in [-0.15, -0.1) is 0 Å². The number of carboxylic acids is 1. The molecule has 138 valence electrons. The summed E-state index contributed by atoms with van der Waals surface area (Å²) in [7, 11) is 0. The predicted octanol–water partition coefficient (Wildman–Crippen LogP) is 3.11. The van der Waals surface area contributed by atoms with Gasteiger partial charge in [-0.3, -0.25) is 15.0 Å². The van der Waals surface area contributed by atoms with Crippen molar-refractivity contribution in [3.63, 3.8) is 0 Å². The SMILES string of the molecule is O=C1NN(c2ccccc2)C(=O)C1=Cc1ccc(-c2cccc(C(=O)O)c2)o1. The van der Waals surface area contributed by atoms with Gasteiger partial charge in [0.1, 0.15) is 17.1 Å². The average molecular weight is 374 g/mol. The van der Waals surface area contributed by atoms with Crippen molar-refractivity contribution in [1.82, 2.24) is 5.43 Å². The maximum Gasteiger partial charge on any atom is 0.335 e. The Kier molecular flexibility index (Phi) is 4.25. The van der Waals surface area contributed by atoms with Crippen LogP contribution in [0.3, 0.4) is 0 Å². The van der Waals surface area contributed by atoms with Gasteiger partial charge in [-0.2, -0.15) is 0 Å². The van der Waals surface area contributed by atoms with Gasteiger partial charge in [-0.05, 0) is 42.5 Å². The number of hydrogen-bond acceptors (Lipinski definition) is 4. The summed E-state index contributed by atoms with van der Waals surface area (Å²) < 4.78 is 5.68. The normalized spacial score (nSPS) is 15.1. The van der Waals surface area contributed by atoms with E-state index < -0.39 is 17.8 Å². The van der Waals surface area contributed by atoms with E-state index in [0.717, 1.165) is 0 Å². The molecule has 3 aromatic rings. The minimum absolute atomic E-state index is 0.0518. The first-order valence-electron chi connectivity index (χ1n) is 8.39. The van der Waals surface area contributed by atoms with E-state index in [1.54, 1.807) is 48.5 Å². The van der Waals surface area contributed by atoms with Crippen LogP contribution in [0.15, 0.2) is 76.7 Å². The van der Waals surface area contributed by atoms with Gasteiger partial charge in [0.25, 0.3) is 11.8 Å². The van der Waals surface area contributed by atoms with E-state index in [2.05, 4.69) is 5.43 Å². The third-order valence-electron chi connectivity index (χ3n) is 4.21. The Bertz CT molecular complexity index is 1110. The van der Waals surface area contributed by atoms with Crippen molar-refractivity contribution in [2.75, 3.05) is 5.01 Å². The van der Waals surface area contributed by atoms with E-state index in [1.165, 1.54) is 23.2 Å². The summed E-state index contributed by atoms with van der Waals surface area (Å²) in [6.45, 7) is 0. The van der Waals surface area contributed by atoms with Crippen LogP contribution in [0.5, 0.6) is 0 Å². The molecule has 0 unspecified atom stereocenters. The van der Waals surface area contributed by atoms with Crippen molar-refractivity contribution in [3.8, 4) is 11.3 Å². The molecule has 0 spiro atoms. The largest absolute Gasteiger partial charge is 0.478 e. The molecule has 1 aliphatic heterocycles. The molecule has 2 heterocycles. The van der Waals surface area contributed by atoms with E-state index in [0.29, 0.717) is 22.8 Å². The van der Waals surface area contributed by atoms with Crippen LogP contribution < -0.4 is 10.4 Å². The summed E-state index contributed by atoms with van der Waals surface area (Å²) in [6.07, 6.45) is 1.37. The second-order valence-corrected chi connectivity index (χ2v) is 6.06. The average Bonchev–Trinajstić information content (AvgIpc) is 3.29. The van der Waals surface area contributed by atoms with Crippen LogP contribution >= 0.6 is 0 Å². The Morgan fingerprint density at radius 1 is 1.00 bits per heavy atom. The molecule has 0 atom stereocenters. The topological polar surface area (TPSA) is 99.9 Å². The van der Waals surface area contributed by atoms with Crippen molar-refractivity contribution in [1.29, 1.82) is 0 Å². The second kappa shape index (κ2) is 6.88. The summed E-state index contributed by atoms with van der Waals surface area (Å²) in [5, 5.41) is 10.3. The monoisotopic (exact) mass is 374 g/mol. The van der Waals surface area contributed by atoms with Crippen LogP contribution in [-0.4, -0.2) is 22.9 Å². The number of nitrogens with one attached hydrogen (secondary N) is 1. The number of para-hydroxylation sites is 1. The molecule has 0 aliphatic carbocycles. The van der Waals surface area contributed by atoms with Gasteiger partial charge in [0, 0.05) is 5.56 Å². The Hall–Kier alpha value is -4.13. The Balaban J connectivity index is 1.62. The number of hydrogen-bond donors (Lipinski definition) is 2. The highest BCUT2D eigenvalue weighted by Gasteiger charge is 2.34. The molecule has 2 amide bonds. The molecule has 2 N–H and O–H groups in total. The molecule has 7 nitrogen and oxygen atoms in total. The number of carboxylic acid groups (broad SMARTS) is 1.